The lowest BCUT2D eigenvalue weighted by Crippen LogP contribution is -2.36. The van der Waals surface area contributed by atoms with Crippen LogP contribution in [0.1, 0.15) is 5.69 Å². The van der Waals surface area contributed by atoms with E-state index in [9.17, 15) is 0 Å². The van der Waals surface area contributed by atoms with E-state index in [4.69, 9.17) is 16.6 Å². The van der Waals surface area contributed by atoms with Crippen LogP contribution in [0.15, 0.2) is 78.9 Å². The van der Waals surface area contributed by atoms with E-state index in [0.717, 1.165) is 38.7 Å². The lowest BCUT2D eigenvalue weighted by Gasteiger charge is -2.09. The van der Waals surface area contributed by atoms with Gasteiger partial charge in [-0.2, -0.15) is 4.57 Å². The van der Waals surface area contributed by atoms with Crippen LogP contribution in [0.25, 0.3) is 28.0 Å². The topological polar surface area (TPSA) is 16.8 Å². The normalized spacial score (nSPS) is 10.9. The van der Waals surface area contributed by atoms with Crippen molar-refractivity contribution < 1.29 is 4.57 Å². The maximum absolute atomic E-state index is 6.06. The average molecular weight is 332 g/mol. The Morgan fingerprint density at radius 3 is 2.21 bits per heavy atom. The highest BCUT2D eigenvalue weighted by atomic mass is 35.5. The lowest BCUT2D eigenvalue weighted by molar-refractivity contribution is -0.574. The zero-order chi connectivity index (χ0) is 16.5. The van der Waals surface area contributed by atoms with Gasteiger partial charge in [0.15, 0.2) is 0 Å². The SMILES string of the molecule is Cc1c(-c2ccccc2)nc2ccccc2[n+]1-c1ccc(Cl)cc1. The van der Waals surface area contributed by atoms with Gasteiger partial charge in [0.25, 0.3) is 0 Å². The Bertz CT molecular complexity index is 1010. The molecule has 0 spiro atoms. The van der Waals surface area contributed by atoms with Crippen LogP contribution >= 0.6 is 11.6 Å². The zero-order valence-corrected chi connectivity index (χ0v) is 14.0. The van der Waals surface area contributed by atoms with Gasteiger partial charge in [-0.25, -0.2) is 4.98 Å². The Labute approximate surface area is 146 Å². The Hall–Kier alpha value is -2.71. The highest BCUT2D eigenvalue weighted by molar-refractivity contribution is 6.30. The van der Waals surface area contributed by atoms with Crippen molar-refractivity contribution in [2.75, 3.05) is 0 Å². The van der Waals surface area contributed by atoms with Gasteiger partial charge < -0.3 is 0 Å². The van der Waals surface area contributed by atoms with Crippen LogP contribution in [0.2, 0.25) is 5.02 Å². The van der Waals surface area contributed by atoms with E-state index in [0.29, 0.717) is 0 Å². The summed E-state index contributed by atoms with van der Waals surface area (Å²) in [6.45, 7) is 2.11. The van der Waals surface area contributed by atoms with Gasteiger partial charge in [-0.3, -0.25) is 0 Å². The molecule has 1 heterocycles. The second-order valence-corrected chi connectivity index (χ2v) is 6.15. The van der Waals surface area contributed by atoms with E-state index in [1.807, 2.05) is 60.7 Å². The van der Waals surface area contributed by atoms with Gasteiger partial charge in [-0.15, -0.1) is 0 Å². The van der Waals surface area contributed by atoms with Crippen molar-refractivity contribution in [3.63, 3.8) is 0 Å². The number of hydrogen-bond acceptors (Lipinski definition) is 1. The summed E-state index contributed by atoms with van der Waals surface area (Å²) >= 11 is 6.06. The minimum atomic E-state index is 0.735. The number of nitrogens with zero attached hydrogens (tertiary/aromatic N) is 2. The number of benzene rings is 3. The highest BCUT2D eigenvalue weighted by Gasteiger charge is 2.22. The molecule has 1 aromatic heterocycles. The van der Waals surface area contributed by atoms with E-state index < -0.39 is 0 Å². The summed E-state index contributed by atoms with van der Waals surface area (Å²) in [6, 6.07) is 26.4. The first-order valence-corrected chi connectivity index (χ1v) is 8.24. The number of fused-ring (bicyclic) bond motifs is 1. The van der Waals surface area contributed by atoms with Crippen molar-refractivity contribution in [3.8, 4) is 16.9 Å². The standard InChI is InChI=1S/C21H16ClN2/c1-15-21(16-7-3-2-4-8-16)23-19-9-5-6-10-20(19)24(15)18-13-11-17(22)12-14-18/h2-14H,1H3/q+1. The first-order valence-electron chi connectivity index (χ1n) is 7.87. The third-order valence-electron chi connectivity index (χ3n) is 4.17. The Kier molecular flexibility index (Phi) is 3.75. The molecule has 0 atom stereocenters. The van der Waals surface area contributed by atoms with Crippen LogP contribution in [0.5, 0.6) is 0 Å². The fraction of sp³-hybridized carbons (Fsp3) is 0.0476. The predicted octanol–water partition coefficient (Wildman–Crippen LogP) is 5.14. The fourth-order valence-corrected chi connectivity index (χ4v) is 3.15. The third-order valence-corrected chi connectivity index (χ3v) is 4.42. The average Bonchev–Trinajstić information content (AvgIpc) is 2.63. The third kappa shape index (κ3) is 2.55. The van der Waals surface area contributed by atoms with Gasteiger partial charge in [0.05, 0.1) is 0 Å². The predicted molar refractivity (Wildman–Crippen MR) is 98.5 cm³/mol. The van der Waals surface area contributed by atoms with Crippen molar-refractivity contribution >= 4 is 22.6 Å². The molecule has 2 nitrogen and oxygen atoms in total. The quantitative estimate of drug-likeness (QED) is 0.465. The Morgan fingerprint density at radius 2 is 1.46 bits per heavy atom. The van der Waals surface area contributed by atoms with Crippen LogP contribution in [0.4, 0.5) is 0 Å². The molecule has 3 aromatic carbocycles. The van der Waals surface area contributed by atoms with Crippen molar-refractivity contribution in [2.24, 2.45) is 0 Å². The molecule has 0 N–H and O–H groups in total. The molecule has 0 aliphatic carbocycles. The molecule has 0 saturated heterocycles. The molecule has 0 bridgehead atoms. The number of rotatable bonds is 2. The molecule has 0 radical (unpaired) electrons. The van der Waals surface area contributed by atoms with E-state index in [1.54, 1.807) is 0 Å². The van der Waals surface area contributed by atoms with Gasteiger partial charge in [-0.1, -0.05) is 54.1 Å². The minimum Gasteiger partial charge on any atom is -0.235 e. The molecule has 3 heteroatoms. The number of para-hydroxylation sites is 2. The maximum atomic E-state index is 6.06. The second-order valence-electron chi connectivity index (χ2n) is 5.71. The second kappa shape index (κ2) is 6.06. The fourth-order valence-electron chi connectivity index (χ4n) is 3.03. The summed E-state index contributed by atoms with van der Waals surface area (Å²) in [4.78, 5) is 4.90. The van der Waals surface area contributed by atoms with Crippen LogP contribution in [-0.4, -0.2) is 4.98 Å². The van der Waals surface area contributed by atoms with Gasteiger partial charge in [0.2, 0.25) is 16.9 Å². The summed E-state index contributed by atoms with van der Waals surface area (Å²) in [5.41, 5.74) is 6.33. The summed E-state index contributed by atoms with van der Waals surface area (Å²) < 4.78 is 2.24. The minimum absolute atomic E-state index is 0.735. The molecule has 0 unspecified atom stereocenters. The van der Waals surface area contributed by atoms with Gasteiger partial charge in [-0.05, 0) is 18.2 Å². The maximum Gasteiger partial charge on any atom is 0.237 e. The molecule has 0 saturated carbocycles. The number of halogens is 1. The summed E-state index contributed by atoms with van der Waals surface area (Å²) in [5.74, 6) is 0. The molecule has 4 aromatic rings. The van der Waals surface area contributed by atoms with Crippen molar-refractivity contribution in [1.29, 1.82) is 0 Å². The molecule has 116 valence electrons. The highest BCUT2D eigenvalue weighted by Crippen LogP contribution is 2.23. The molecule has 0 aliphatic rings. The Morgan fingerprint density at radius 1 is 0.792 bits per heavy atom. The number of hydrogen-bond donors (Lipinski definition) is 0. The summed E-state index contributed by atoms with van der Waals surface area (Å²) in [6.07, 6.45) is 0. The van der Waals surface area contributed by atoms with E-state index in [2.05, 4.69) is 29.7 Å². The number of aromatic nitrogens is 2. The zero-order valence-electron chi connectivity index (χ0n) is 13.3. The van der Waals surface area contributed by atoms with E-state index in [1.165, 1.54) is 0 Å². The van der Waals surface area contributed by atoms with Crippen molar-refractivity contribution in [1.82, 2.24) is 4.98 Å². The monoisotopic (exact) mass is 331 g/mol. The molecular weight excluding hydrogens is 316 g/mol. The molecule has 24 heavy (non-hydrogen) atoms. The van der Waals surface area contributed by atoms with E-state index in [-0.39, 0.29) is 0 Å². The van der Waals surface area contributed by atoms with Crippen molar-refractivity contribution in [3.05, 3.63) is 89.6 Å². The molecule has 0 aliphatic heterocycles. The first-order chi connectivity index (χ1) is 11.7. The van der Waals surface area contributed by atoms with Gasteiger partial charge in [0, 0.05) is 35.7 Å². The Balaban J connectivity index is 2.07. The lowest BCUT2D eigenvalue weighted by atomic mass is 10.1. The summed E-state index contributed by atoms with van der Waals surface area (Å²) in [5, 5.41) is 0.735. The van der Waals surface area contributed by atoms with Crippen LogP contribution < -0.4 is 4.57 Å². The van der Waals surface area contributed by atoms with E-state index >= 15 is 0 Å². The molecule has 0 fully saturated rings. The van der Waals surface area contributed by atoms with Gasteiger partial charge in [0.1, 0.15) is 11.2 Å². The summed E-state index contributed by atoms with van der Waals surface area (Å²) in [7, 11) is 0. The molecular formula is C21H16ClN2+. The molecule has 4 rings (SSSR count). The van der Waals surface area contributed by atoms with Gasteiger partial charge >= 0.3 is 0 Å². The smallest absolute Gasteiger partial charge is 0.235 e. The first kappa shape index (κ1) is 14.9. The van der Waals surface area contributed by atoms with Crippen molar-refractivity contribution in [2.45, 2.75) is 6.92 Å². The molecule has 0 amide bonds. The largest absolute Gasteiger partial charge is 0.237 e. The van der Waals surface area contributed by atoms with Crippen LogP contribution in [-0.2, 0) is 0 Å². The van der Waals surface area contributed by atoms with Crippen LogP contribution in [0, 0.1) is 6.92 Å². The van der Waals surface area contributed by atoms with Crippen LogP contribution in [0.3, 0.4) is 0 Å².